The molecule has 0 bridgehead atoms. The van der Waals surface area contributed by atoms with Crippen LogP contribution in [-0.4, -0.2) is 36.3 Å². The number of rotatable bonds is 6. The Hall–Kier alpha value is -2.60. The third-order valence-corrected chi connectivity index (χ3v) is 4.76. The van der Waals surface area contributed by atoms with E-state index in [1.54, 1.807) is 26.0 Å². The zero-order valence-corrected chi connectivity index (χ0v) is 16.6. The lowest BCUT2D eigenvalue weighted by Gasteiger charge is -2.28. The van der Waals surface area contributed by atoms with Gasteiger partial charge >= 0.3 is 5.69 Å². The lowest BCUT2D eigenvalue weighted by molar-refractivity contribution is -0.386. The Bertz CT molecular complexity index is 889. The molecule has 0 saturated carbocycles. The summed E-state index contributed by atoms with van der Waals surface area (Å²) >= 11 is 0. The summed E-state index contributed by atoms with van der Waals surface area (Å²) in [5.74, 6) is 0.214. The average Bonchev–Trinajstić information content (AvgIpc) is 2.63. The number of benzene rings is 2. The number of ether oxygens (including phenoxy) is 1. The number of nitro benzene ring substituents is 1. The first kappa shape index (κ1) is 20.1. The van der Waals surface area contributed by atoms with Crippen molar-refractivity contribution in [3.63, 3.8) is 0 Å². The molecule has 0 saturated heterocycles. The molecule has 3 rings (SSSR count). The minimum absolute atomic E-state index is 0.0538. The Kier molecular flexibility index (Phi) is 5.89. The van der Waals surface area contributed by atoms with Crippen LogP contribution in [-0.2, 0) is 6.54 Å². The first-order chi connectivity index (χ1) is 13.2. The maximum Gasteiger partial charge on any atom is 0.311 e. The molecule has 0 aliphatic carbocycles. The summed E-state index contributed by atoms with van der Waals surface area (Å²) in [7, 11) is 5.93. The van der Waals surface area contributed by atoms with Crippen molar-refractivity contribution in [3.8, 4) is 5.75 Å². The standard InChI is InChI=1S/C22H25BN2O3/c1-16-13-20(25(26)27)21(28-22(2,3)23)14-19(16)18-9-11-24(12-10-18)15-17-7-5-4-6-8-17/h4-9,13-14H,10-12,15H2,1-3H3. The third kappa shape index (κ3) is 5.01. The number of hydrogen-bond acceptors (Lipinski definition) is 4. The van der Waals surface area contributed by atoms with E-state index in [-0.39, 0.29) is 11.4 Å². The van der Waals surface area contributed by atoms with Crippen LogP contribution in [0.4, 0.5) is 5.69 Å². The molecular formula is C22H25BN2O3. The van der Waals surface area contributed by atoms with Gasteiger partial charge in [0, 0.05) is 25.7 Å². The summed E-state index contributed by atoms with van der Waals surface area (Å²) in [5, 5.41) is 11.4. The van der Waals surface area contributed by atoms with Crippen molar-refractivity contribution in [2.24, 2.45) is 0 Å². The monoisotopic (exact) mass is 376 g/mol. The second-order valence-corrected chi connectivity index (χ2v) is 7.80. The van der Waals surface area contributed by atoms with Gasteiger partial charge in [-0.25, -0.2) is 0 Å². The molecule has 1 heterocycles. The summed E-state index contributed by atoms with van der Waals surface area (Å²) in [4.78, 5) is 13.4. The summed E-state index contributed by atoms with van der Waals surface area (Å²) in [6.07, 6.45) is 3.09. The number of nitrogens with zero attached hydrogens (tertiary/aromatic N) is 2. The van der Waals surface area contributed by atoms with Gasteiger partial charge in [0.15, 0.2) is 5.75 Å². The van der Waals surface area contributed by atoms with Crippen LogP contribution in [0.5, 0.6) is 5.75 Å². The Morgan fingerprint density at radius 2 is 1.96 bits per heavy atom. The van der Waals surface area contributed by atoms with E-state index in [1.165, 1.54) is 11.1 Å². The van der Waals surface area contributed by atoms with E-state index in [4.69, 9.17) is 12.6 Å². The van der Waals surface area contributed by atoms with Gasteiger partial charge in [-0.1, -0.05) is 36.4 Å². The fraction of sp³-hybridized carbons (Fsp3) is 0.364. The molecule has 28 heavy (non-hydrogen) atoms. The van der Waals surface area contributed by atoms with Crippen molar-refractivity contribution in [2.45, 2.75) is 39.2 Å². The molecule has 0 amide bonds. The number of hydrogen-bond donors (Lipinski definition) is 0. The first-order valence-electron chi connectivity index (χ1n) is 9.45. The lowest BCUT2D eigenvalue weighted by Crippen LogP contribution is -2.29. The molecular weight excluding hydrogens is 351 g/mol. The maximum absolute atomic E-state index is 11.4. The van der Waals surface area contributed by atoms with Gasteiger partial charge in [-0.05, 0) is 55.5 Å². The highest BCUT2D eigenvalue weighted by molar-refractivity contribution is 6.14. The predicted octanol–water partition coefficient (Wildman–Crippen LogP) is 4.48. The van der Waals surface area contributed by atoms with Crippen LogP contribution in [0.3, 0.4) is 0 Å². The molecule has 2 aromatic rings. The third-order valence-electron chi connectivity index (χ3n) is 4.76. The maximum atomic E-state index is 11.4. The zero-order chi connectivity index (χ0) is 20.3. The summed E-state index contributed by atoms with van der Waals surface area (Å²) < 4.78 is 5.68. The van der Waals surface area contributed by atoms with Crippen LogP contribution in [0, 0.1) is 17.0 Å². The van der Waals surface area contributed by atoms with Gasteiger partial charge in [0.2, 0.25) is 0 Å². The van der Waals surface area contributed by atoms with Gasteiger partial charge in [0.05, 0.1) is 10.4 Å². The van der Waals surface area contributed by atoms with Gasteiger partial charge in [-0.3, -0.25) is 15.0 Å². The van der Waals surface area contributed by atoms with Crippen molar-refractivity contribution in [3.05, 3.63) is 75.3 Å². The van der Waals surface area contributed by atoms with Crippen LogP contribution >= 0.6 is 0 Å². The van der Waals surface area contributed by atoms with Crippen molar-refractivity contribution in [1.29, 1.82) is 0 Å². The molecule has 0 aromatic heterocycles. The normalized spacial score (nSPS) is 15.2. The Labute approximate surface area is 167 Å². The molecule has 144 valence electrons. The van der Waals surface area contributed by atoms with Gasteiger partial charge in [-0.2, -0.15) is 0 Å². The van der Waals surface area contributed by atoms with Crippen LogP contribution in [0.1, 0.15) is 37.0 Å². The predicted molar refractivity (Wildman–Crippen MR) is 113 cm³/mol. The quantitative estimate of drug-likeness (QED) is 0.424. The highest BCUT2D eigenvalue weighted by Gasteiger charge is 2.24. The van der Waals surface area contributed by atoms with Gasteiger partial charge in [0.1, 0.15) is 7.85 Å². The van der Waals surface area contributed by atoms with Gasteiger partial charge in [-0.15, -0.1) is 0 Å². The Morgan fingerprint density at radius 3 is 2.54 bits per heavy atom. The Morgan fingerprint density at radius 1 is 1.25 bits per heavy atom. The van der Waals surface area contributed by atoms with E-state index >= 15 is 0 Å². The van der Waals surface area contributed by atoms with E-state index in [0.717, 1.165) is 37.2 Å². The molecule has 2 radical (unpaired) electrons. The fourth-order valence-corrected chi connectivity index (χ4v) is 3.47. The molecule has 0 N–H and O–H groups in total. The average molecular weight is 376 g/mol. The van der Waals surface area contributed by atoms with Crippen molar-refractivity contribution >= 4 is 19.1 Å². The van der Waals surface area contributed by atoms with Gasteiger partial charge < -0.3 is 4.74 Å². The van der Waals surface area contributed by atoms with E-state index in [2.05, 4.69) is 35.2 Å². The summed E-state index contributed by atoms with van der Waals surface area (Å²) in [5.41, 5.74) is 3.30. The summed E-state index contributed by atoms with van der Waals surface area (Å²) in [6, 6.07) is 13.8. The Balaban J connectivity index is 1.83. The molecule has 0 fully saturated rings. The lowest BCUT2D eigenvalue weighted by atomic mass is 9.85. The highest BCUT2D eigenvalue weighted by atomic mass is 16.6. The van der Waals surface area contributed by atoms with Crippen LogP contribution in [0.2, 0.25) is 0 Å². The molecule has 1 aliphatic rings. The van der Waals surface area contributed by atoms with E-state index in [9.17, 15) is 10.1 Å². The second-order valence-electron chi connectivity index (χ2n) is 7.80. The molecule has 2 aromatic carbocycles. The molecule has 0 unspecified atom stereocenters. The zero-order valence-electron chi connectivity index (χ0n) is 16.6. The number of nitro groups is 1. The van der Waals surface area contributed by atoms with Crippen molar-refractivity contribution < 1.29 is 9.66 Å². The minimum Gasteiger partial charge on any atom is -0.491 e. The minimum atomic E-state index is -0.995. The van der Waals surface area contributed by atoms with Crippen LogP contribution in [0.25, 0.3) is 5.57 Å². The largest absolute Gasteiger partial charge is 0.491 e. The molecule has 1 aliphatic heterocycles. The smallest absolute Gasteiger partial charge is 0.311 e. The fourth-order valence-electron chi connectivity index (χ4n) is 3.47. The van der Waals surface area contributed by atoms with Crippen molar-refractivity contribution in [1.82, 2.24) is 4.90 Å². The molecule has 5 nitrogen and oxygen atoms in total. The second kappa shape index (κ2) is 8.19. The topological polar surface area (TPSA) is 55.6 Å². The highest BCUT2D eigenvalue weighted by Crippen LogP contribution is 2.36. The SMILES string of the molecule is [B]C(C)(C)Oc1cc(C2=CCN(Cc3ccccc3)CC2)c(C)cc1[N+](=O)[O-]. The first-order valence-corrected chi connectivity index (χ1v) is 9.45. The molecule has 0 atom stereocenters. The summed E-state index contributed by atoms with van der Waals surface area (Å²) in [6.45, 7) is 7.96. The van der Waals surface area contributed by atoms with Gasteiger partial charge in [0.25, 0.3) is 0 Å². The van der Waals surface area contributed by atoms with Crippen LogP contribution < -0.4 is 4.74 Å². The van der Waals surface area contributed by atoms with E-state index < -0.39 is 10.4 Å². The van der Waals surface area contributed by atoms with Crippen LogP contribution in [0.15, 0.2) is 48.5 Å². The van der Waals surface area contributed by atoms with E-state index in [0.29, 0.717) is 0 Å². The van der Waals surface area contributed by atoms with E-state index in [1.807, 2.05) is 13.0 Å². The van der Waals surface area contributed by atoms with Crippen molar-refractivity contribution in [2.75, 3.05) is 13.1 Å². The number of aryl methyl sites for hydroxylation is 1. The molecule has 6 heteroatoms. The molecule has 0 spiro atoms.